The molecule has 0 fully saturated rings. The summed E-state index contributed by atoms with van der Waals surface area (Å²) in [5.74, 6) is -0.107. The summed E-state index contributed by atoms with van der Waals surface area (Å²) in [4.78, 5) is 17.8. The zero-order chi connectivity index (χ0) is 27.0. The monoisotopic (exact) mass is 522 g/mol. The lowest BCUT2D eigenvalue weighted by molar-refractivity contribution is -0.125. The topological polar surface area (TPSA) is 94.6 Å². The zero-order valence-corrected chi connectivity index (χ0v) is 23.0. The maximum Gasteiger partial charge on any atom is 0.269 e. The van der Waals surface area contributed by atoms with Crippen LogP contribution in [-0.4, -0.2) is 33.0 Å². The van der Waals surface area contributed by atoms with Gasteiger partial charge >= 0.3 is 0 Å². The predicted molar refractivity (Wildman–Crippen MR) is 143 cm³/mol. The maximum absolute atomic E-state index is 14.0. The van der Waals surface area contributed by atoms with Gasteiger partial charge in [0.25, 0.3) is 10.0 Å². The molecule has 1 aliphatic carbocycles. The molecule has 1 heterocycles. The molecular weight excluding hydrogens is 488 g/mol. The number of benzene rings is 2. The van der Waals surface area contributed by atoms with Gasteiger partial charge in [0.15, 0.2) is 0 Å². The van der Waals surface area contributed by atoms with Crippen molar-refractivity contribution in [2.24, 2.45) is 5.92 Å². The van der Waals surface area contributed by atoms with Crippen LogP contribution in [0.3, 0.4) is 0 Å². The molecule has 4 rings (SSSR count). The second kappa shape index (κ2) is 10.2. The summed E-state index contributed by atoms with van der Waals surface area (Å²) in [7, 11) is -2.89. The van der Waals surface area contributed by atoms with Crippen molar-refractivity contribution in [3.63, 3.8) is 0 Å². The largest absolute Gasteiger partial charge is 0.494 e. The number of amides is 1. The summed E-state index contributed by atoms with van der Waals surface area (Å²) in [5, 5.41) is 0. The van der Waals surface area contributed by atoms with E-state index in [1.54, 1.807) is 0 Å². The number of nitrogens with one attached hydrogen (secondary N) is 1. The van der Waals surface area contributed by atoms with Gasteiger partial charge in [-0.15, -0.1) is 0 Å². The van der Waals surface area contributed by atoms with Gasteiger partial charge in [-0.3, -0.25) is 4.79 Å². The van der Waals surface area contributed by atoms with E-state index in [1.165, 1.54) is 36.6 Å². The van der Waals surface area contributed by atoms with Crippen molar-refractivity contribution in [1.82, 2.24) is 9.71 Å². The van der Waals surface area contributed by atoms with Crippen LogP contribution in [-0.2, 0) is 33.1 Å². The fourth-order valence-corrected chi connectivity index (χ4v) is 6.79. The van der Waals surface area contributed by atoms with Gasteiger partial charge in [0.1, 0.15) is 10.6 Å². The van der Waals surface area contributed by atoms with Crippen molar-refractivity contribution in [3.8, 4) is 11.6 Å². The molecule has 0 spiro atoms. The van der Waals surface area contributed by atoms with Crippen LogP contribution >= 0.6 is 0 Å². The molecule has 0 saturated carbocycles. The van der Waals surface area contributed by atoms with Crippen molar-refractivity contribution >= 4 is 15.9 Å². The zero-order valence-electron chi connectivity index (χ0n) is 22.2. The molecule has 0 radical (unpaired) electrons. The third kappa shape index (κ3) is 4.82. The molecule has 1 aliphatic rings. The fraction of sp³-hybridized carbons (Fsp3) is 0.379. The molecule has 37 heavy (non-hydrogen) atoms. The molecular formula is C29H34N2O5S. The van der Waals surface area contributed by atoms with Crippen molar-refractivity contribution in [1.29, 1.82) is 0 Å². The Morgan fingerprint density at radius 3 is 2.49 bits per heavy atom. The highest BCUT2D eigenvalue weighted by molar-refractivity contribution is 7.90. The van der Waals surface area contributed by atoms with Gasteiger partial charge in [0.05, 0.1) is 19.1 Å². The number of rotatable bonds is 8. The van der Waals surface area contributed by atoms with Gasteiger partial charge < -0.3 is 9.47 Å². The molecule has 1 aromatic heterocycles. The SMILES string of the molecule is CCOc1cccc2c1CC(Cc1c(C)cc(C)cc1C)C2(C)C(=O)NS(=O)(=O)c1cccnc1OC. The number of aromatic nitrogens is 1. The van der Waals surface area contributed by atoms with E-state index in [1.807, 2.05) is 32.0 Å². The average molecular weight is 523 g/mol. The number of hydrogen-bond donors (Lipinski definition) is 1. The van der Waals surface area contributed by atoms with Gasteiger partial charge in [0, 0.05) is 6.20 Å². The van der Waals surface area contributed by atoms with Gasteiger partial charge in [-0.1, -0.05) is 29.8 Å². The molecule has 0 aliphatic heterocycles. The molecule has 2 aromatic carbocycles. The van der Waals surface area contributed by atoms with E-state index in [2.05, 4.69) is 42.6 Å². The summed E-state index contributed by atoms with van der Waals surface area (Å²) in [6.45, 7) is 10.5. The molecule has 196 valence electrons. The molecule has 3 aromatic rings. The molecule has 2 unspecified atom stereocenters. The van der Waals surface area contributed by atoms with E-state index in [9.17, 15) is 13.2 Å². The number of sulfonamides is 1. The quantitative estimate of drug-likeness (QED) is 0.465. The lowest BCUT2D eigenvalue weighted by atomic mass is 9.72. The minimum absolute atomic E-state index is 0.0686. The van der Waals surface area contributed by atoms with E-state index in [4.69, 9.17) is 9.47 Å². The second-order valence-electron chi connectivity index (χ2n) is 9.85. The summed E-state index contributed by atoms with van der Waals surface area (Å²) in [5.41, 5.74) is 5.31. The van der Waals surface area contributed by atoms with E-state index in [0.29, 0.717) is 19.4 Å². The van der Waals surface area contributed by atoms with Gasteiger partial charge in [-0.2, -0.15) is 0 Å². The van der Waals surface area contributed by atoms with E-state index < -0.39 is 21.3 Å². The number of methoxy groups -OCH3 is 1. The number of carbonyl (C=O) groups is 1. The number of aryl methyl sites for hydroxylation is 3. The minimum atomic E-state index is -4.24. The predicted octanol–water partition coefficient (Wildman–Crippen LogP) is 4.59. The number of fused-ring (bicyclic) bond motifs is 1. The highest BCUT2D eigenvalue weighted by Crippen LogP contribution is 2.48. The molecule has 1 N–H and O–H groups in total. The summed E-state index contributed by atoms with van der Waals surface area (Å²) >= 11 is 0. The third-order valence-corrected chi connectivity index (χ3v) is 8.81. The smallest absolute Gasteiger partial charge is 0.269 e. The Bertz CT molecular complexity index is 1430. The number of carbonyl (C=O) groups excluding carboxylic acids is 1. The van der Waals surface area contributed by atoms with Crippen LogP contribution in [0.4, 0.5) is 0 Å². The second-order valence-corrected chi connectivity index (χ2v) is 11.5. The first-order valence-electron chi connectivity index (χ1n) is 12.4. The van der Waals surface area contributed by atoms with Crippen LogP contribution in [0.25, 0.3) is 0 Å². The Morgan fingerprint density at radius 1 is 1.14 bits per heavy atom. The van der Waals surface area contributed by atoms with Crippen molar-refractivity contribution in [3.05, 3.63) is 82.0 Å². The van der Waals surface area contributed by atoms with Crippen molar-refractivity contribution < 1.29 is 22.7 Å². The highest BCUT2D eigenvalue weighted by atomic mass is 32.2. The van der Waals surface area contributed by atoms with Crippen LogP contribution in [0, 0.1) is 26.7 Å². The molecule has 0 bridgehead atoms. The van der Waals surface area contributed by atoms with Gasteiger partial charge in [-0.05, 0) is 99.4 Å². The lowest BCUT2D eigenvalue weighted by Gasteiger charge is -2.32. The Morgan fingerprint density at radius 2 is 1.84 bits per heavy atom. The third-order valence-electron chi connectivity index (χ3n) is 7.47. The minimum Gasteiger partial charge on any atom is -0.494 e. The number of pyridine rings is 1. The molecule has 0 saturated heterocycles. The molecule has 7 nitrogen and oxygen atoms in total. The van der Waals surface area contributed by atoms with Crippen molar-refractivity contribution in [2.45, 2.75) is 57.8 Å². The summed E-state index contributed by atoms with van der Waals surface area (Å²) < 4.78 is 40.1. The lowest BCUT2D eigenvalue weighted by Crippen LogP contribution is -2.48. The Labute approximate surface area is 219 Å². The normalized spacial score (nSPS) is 18.8. The van der Waals surface area contributed by atoms with Crippen molar-refractivity contribution in [2.75, 3.05) is 13.7 Å². The summed E-state index contributed by atoms with van der Waals surface area (Å²) in [6, 6.07) is 12.8. The first-order chi connectivity index (χ1) is 17.5. The number of nitrogens with zero attached hydrogens (tertiary/aromatic N) is 1. The van der Waals surface area contributed by atoms with Gasteiger partial charge in [-0.25, -0.2) is 18.1 Å². The Balaban J connectivity index is 1.80. The highest BCUT2D eigenvalue weighted by Gasteiger charge is 2.51. The summed E-state index contributed by atoms with van der Waals surface area (Å²) in [6.07, 6.45) is 2.66. The van der Waals surface area contributed by atoms with E-state index >= 15 is 0 Å². The standard InChI is InChI=1S/C29H34N2O5S/c1-7-36-25-11-8-10-24-23(25)17-21(16-22-19(3)14-18(2)15-20(22)4)29(24,5)28(32)31-37(33,34)26-12-9-13-30-27(26)35-6/h8-15,21H,7,16-17H2,1-6H3,(H,31,32). The number of ether oxygens (including phenoxy) is 2. The first kappa shape index (κ1) is 26.7. The molecule has 8 heteroatoms. The van der Waals surface area contributed by atoms with Gasteiger partial charge in [0.2, 0.25) is 11.8 Å². The Kier molecular flexibility index (Phi) is 7.33. The number of hydrogen-bond acceptors (Lipinski definition) is 6. The molecule has 1 amide bonds. The van der Waals surface area contributed by atoms with Crippen LogP contribution in [0.15, 0.2) is 53.6 Å². The van der Waals surface area contributed by atoms with E-state index in [0.717, 1.165) is 28.0 Å². The first-order valence-corrected chi connectivity index (χ1v) is 13.9. The van der Waals surface area contributed by atoms with Crippen LogP contribution < -0.4 is 14.2 Å². The van der Waals surface area contributed by atoms with Crippen LogP contribution in [0.1, 0.15) is 47.2 Å². The Hall–Kier alpha value is -3.39. The average Bonchev–Trinajstić information content (AvgIpc) is 3.14. The molecule has 2 atom stereocenters. The fourth-order valence-electron chi connectivity index (χ4n) is 5.60. The maximum atomic E-state index is 14.0. The van der Waals surface area contributed by atoms with Crippen LogP contribution in [0.2, 0.25) is 0 Å². The van der Waals surface area contributed by atoms with E-state index in [-0.39, 0.29) is 16.7 Å². The van der Waals surface area contributed by atoms with Crippen LogP contribution in [0.5, 0.6) is 11.6 Å².